The summed E-state index contributed by atoms with van der Waals surface area (Å²) in [7, 11) is -7.45. The molecule has 15 heavy (non-hydrogen) atoms. The van der Waals surface area contributed by atoms with E-state index < -0.39 is 31.0 Å². The molecule has 0 bridgehead atoms. The largest absolute Gasteiger partial charge is 0.228 e. The number of rotatable bonds is 6. The molecule has 0 aromatic heterocycles. The van der Waals surface area contributed by atoms with Gasteiger partial charge in [-0.1, -0.05) is 6.92 Å². The molecule has 0 heterocycles. The van der Waals surface area contributed by atoms with Crippen molar-refractivity contribution in [1.82, 2.24) is 4.72 Å². The molecule has 0 saturated heterocycles. The molecule has 0 aromatic rings. The number of hydrogen-bond acceptors (Lipinski definition) is 5. The summed E-state index contributed by atoms with van der Waals surface area (Å²) >= 11 is 0. The molecule has 0 spiro atoms. The van der Waals surface area contributed by atoms with Crippen LogP contribution in [0.15, 0.2) is 0 Å². The van der Waals surface area contributed by atoms with Gasteiger partial charge in [0.15, 0.2) is 14.9 Å². The van der Waals surface area contributed by atoms with Crippen LogP contribution in [0.3, 0.4) is 0 Å². The van der Waals surface area contributed by atoms with Crippen molar-refractivity contribution in [3.63, 3.8) is 0 Å². The first-order chi connectivity index (χ1) is 6.70. The molecule has 0 aliphatic carbocycles. The summed E-state index contributed by atoms with van der Waals surface area (Å²) in [5, 5.41) is 7.45. The molecule has 1 unspecified atom stereocenters. The minimum Gasteiger partial charge on any atom is -0.228 e. The molecule has 0 radical (unpaired) electrons. The number of nitrogens with zero attached hydrogens (tertiary/aromatic N) is 1. The van der Waals surface area contributed by atoms with Crippen molar-refractivity contribution in [2.75, 3.05) is 11.3 Å². The van der Waals surface area contributed by atoms with E-state index in [-0.39, 0.29) is 6.42 Å². The number of hydrogen-bond donors (Lipinski definition) is 1. The Hall–Kier alpha value is -0.650. The molecule has 0 aliphatic heterocycles. The van der Waals surface area contributed by atoms with Gasteiger partial charge in [-0.3, -0.25) is 0 Å². The van der Waals surface area contributed by atoms with Crippen molar-refractivity contribution in [3.05, 3.63) is 0 Å². The molecule has 0 rings (SSSR count). The second-order valence-electron chi connectivity index (χ2n) is 3.24. The monoisotopic (exact) mass is 254 g/mol. The molecule has 0 aliphatic rings. The van der Waals surface area contributed by atoms with E-state index in [1.165, 1.54) is 0 Å². The fraction of sp³-hybridized carbons (Fsp3) is 0.857. The summed E-state index contributed by atoms with van der Waals surface area (Å²) in [6.45, 7) is 1.71. The maximum Gasteiger partial charge on any atom is 0.226 e. The van der Waals surface area contributed by atoms with Gasteiger partial charge in [-0.15, -0.1) is 0 Å². The third-order valence-corrected chi connectivity index (χ3v) is 5.19. The molecule has 0 fully saturated rings. The Bertz CT molecular complexity index is 432. The Morgan fingerprint density at radius 2 is 1.87 bits per heavy atom. The van der Waals surface area contributed by atoms with E-state index in [9.17, 15) is 16.8 Å². The van der Waals surface area contributed by atoms with Crippen molar-refractivity contribution >= 4 is 19.9 Å². The topological polar surface area (TPSA) is 104 Å². The van der Waals surface area contributed by atoms with Crippen molar-refractivity contribution in [2.24, 2.45) is 0 Å². The third kappa shape index (κ3) is 7.30. The van der Waals surface area contributed by atoms with Gasteiger partial charge in [0.2, 0.25) is 10.0 Å². The summed E-state index contributed by atoms with van der Waals surface area (Å²) in [5.74, 6) is 0. The zero-order chi connectivity index (χ0) is 12.1. The lowest BCUT2D eigenvalue weighted by Crippen LogP contribution is -2.37. The Morgan fingerprint density at radius 3 is 2.20 bits per heavy atom. The Morgan fingerprint density at radius 1 is 1.33 bits per heavy atom. The van der Waals surface area contributed by atoms with E-state index in [2.05, 4.69) is 4.72 Å². The maximum absolute atomic E-state index is 11.3. The number of nitrogens with one attached hydrogen (secondary N) is 1. The first-order valence-corrected chi connectivity index (χ1v) is 7.96. The van der Waals surface area contributed by atoms with Gasteiger partial charge in [0.05, 0.1) is 12.5 Å². The molecule has 0 amide bonds. The molecule has 8 heteroatoms. The Kier molecular flexibility index (Phi) is 5.20. The van der Waals surface area contributed by atoms with Crippen LogP contribution >= 0.6 is 0 Å². The second-order valence-corrected chi connectivity index (χ2v) is 7.50. The summed E-state index contributed by atoms with van der Waals surface area (Å²) in [6, 6.07) is 1.30. The lowest BCUT2D eigenvalue weighted by atomic mass is 10.2. The van der Waals surface area contributed by atoms with Crippen LogP contribution in [0.4, 0.5) is 0 Å². The van der Waals surface area contributed by atoms with Gasteiger partial charge >= 0.3 is 0 Å². The molecule has 6 nitrogen and oxygen atoms in total. The van der Waals surface area contributed by atoms with E-state index in [1.54, 1.807) is 6.92 Å². The van der Waals surface area contributed by atoms with Crippen molar-refractivity contribution in [1.29, 1.82) is 5.26 Å². The van der Waals surface area contributed by atoms with Gasteiger partial charge in [0.1, 0.15) is 0 Å². The quantitative estimate of drug-likeness (QED) is 0.694. The predicted octanol–water partition coefficient (Wildman–Crippen LogP) is -0.400. The van der Waals surface area contributed by atoms with Crippen LogP contribution < -0.4 is 4.72 Å². The van der Waals surface area contributed by atoms with Crippen LogP contribution in [-0.4, -0.2) is 34.2 Å². The first kappa shape index (κ1) is 14.3. The maximum atomic E-state index is 11.3. The summed E-state index contributed by atoms with van der Waals surface area (Å²) < 4.78 is 46.3. The van der Waals surface area contributed by atoms with E-state index in [4.69, 9.17) is 5.26 Å². The molecule has 1 N–H and O–H groups in total. The van der Waals surface area contributed by atoms with E-state index in [0.29, 0.717) is 6.42 Å². The summed E-state index contributed by atoms with van der Waals surface area (Å²) in [4.78, 5) is 0. The van der Waals surface area contributed by atoms with Gasteiger partial charge in [0.25, 0.3) is 0 Å². The SMILES string of the molecule is CCC(CC#N)NS(=O)(=O)CS(C)(=O)=O. The predicted molar refractivity (Wildman–Crippen MR) is 56.1 cm³/mol. The normalized spacial score (nSPS) is 14.5. The average Bonchev–Trinajstić information content (AvgIpc) is 1.98. The minimum atomic E-state index is -3.86. The lowest BCUT2D eigenvalue weighted by molar-refractivity contribution is 0.545. The molecular formula is C7H14N2O4S2. The van der Waals surface area contributed by atoms with Crippen LogP contribution in [0, 0.1) is 11.3 Å². The first-order valence-electron chi connectivity index (χ1n) is 4.25. The van der Waals surface area contributed by atoms with E-state index in [0.717, 1.165) is 6.26 Å². The average molecular weight is 254 g/mol. The summed E-state index contributed by atoms with van der Waals surface area (Å²) in [6.07, 6.45) is 1.31. The van der Waals surface area contributed by atoms with Gasteiger partial charge in [-0.05, 0) is 6.42 Å². The van der Waals surface area contributed by atoms with Crippen molar-refractivity contribution < 1.29 is 16.8 Å². The van der Waals surface area contributed by atoms with E-state index in [1.807, 2.05) is 6.07 Å². The van der Waals surface area contributed by atoms with Gasteiger partial charge < -0.3 is 0 Å². The second kappa shape index (κ2) is 5.44. The van der Waals surface area contributed by atoms with Gasteiger partial charge in [-0.2, -0.15) is 5.26 Å². The van der Waals surface area contributed by atoms with Crippen molar-refractivity contribution in [2.45, 2.75) is 25.8 Å². The lowest BCUT2D eigenvalue weighted by Gasteiger charge is -2.12. The minimum absolute atomic E-state index is 0.0273. The number of nitriles is 1. The van der Waals surface area contributed by atoms with Gasteiger partial charge in [0, 0.05) is 12.3 Å². The van der Waals surface area contributed by atoms with Crippen LogP contribution in [0.5, 0.6) is 0 Å². The van der Waals surface area contributed by atoms with E-state index >= 15 is 0 Å². The van der Waals surface area contributed by atoms with Crippen LogP contribution in [0.1, 0.15) is 19.8 Å². The standard InChI is InChI=1S/C7H14N2O4S2/c1-3-7(4-5-8)9-15(12,13)6-14(2,10)11/h7,9H,3-4,6H2,1-2H3. The molecule has 1 atom stereocenters. The fourth-order valence-corrected chi connectivity index (χ4v) is 4.23. The number of sulfone groups is 1. The Labute approximate surface area is 90.3 Å². The third-order valence-electron chi connectivity index (χ3n) is 1.55. The Balaban J connectivity index is 4.58. The smallest absolute Gasteiger partial charge is 0.226 e. The van der Waals surface area contributed by atoms with Crippen LogP contribution in [0.2, 0.25) is 0 Å². The highest BCUT2D eigenvalue weighted by atomic mass is 32.3. The molecule has 0 aromatic carbocycles. The van der Waals surface area contributed by atoms with Crippen molar-refractivity contribution in [3.8, 4) is 6.07 Å². The van der Waals surface area contributed by atoms with Crippen LogP contribution in [0.25, 0.3) is 0 Å². The highest BCUT2D eigenvalue weighted by Gasteiger charge is 2.21. The fourth-order valence-electron chi connectivity index (χ4n) is 0.949. The molecular weight excluding hydrogens is 240 g/mol. The zero-order valence-electron chi connectivity index (χ0n) is 8.60. The highest BCUT2D eigenvalue weighted by molar-refractivity contribution is 8.06. The highest BCUT2D eigenvalue weighted by Crippen LogP contribution is 2.01. The van der Waals surface area contributed by atoms with Gasteiger partial charge in [-0.25, -0.2) is 21.6 Å². The molecule has 88 valence electrons. The zero-order valence-corrected chi connectivity index (χ0v) is 10.2. The van der Waals surface area contributed by atoms with Crippen LogP contribution in [-0.2, 0) is 19.9 Å². The molecule has 0 saturated carbocycles. The summed E-state index contributed by atoms with van der Waals surface area (Å²) in [5.41, 5.74) is 0. The number of sulfonamides is 1.